The minimum absolute atomic E-state index is 0.172. The van der Waals surface area contributed by atoms with Crippen LogP contribution in [0.4, 0.5) is 0 Å². The van der Waals surface area contributed by atoms with Gasteiger partial charge in [-0.2, -0.15) is 0 Å². The predicted molar refractivity (Wildman–Crippen MR) is 383 cm³/mol. The van der Waals surface area contributed by atoms with Crippen molar-refractivity contribution >= 4 is 17.9 Å². The summed E-state index contributed by atoms with van der Waals surface area (Å²) in [7, 11) is 6.00. The van der Waals surface area contributed by atoms with Crippen LogP contribution in [0.15, 0.2) is 0 Å². The van der Waals surface area contributed by atoms with Crippen molar-refractivity contribution in [1.82, 2.24) is 0 Å². The van der Waals surface area contributed by atoms with Crippen molar-refractivity contribution in [3.63, 3.8) is 0 Å². The van der Waals surface area contributed by atoms with Crippen LogP contribution in [-0.2, 0) is 33.3 Å². The van der Waals surface area contributed by atoms with E-state index in [0.717, 1.165) is 38.5 Å². The Morgan fingerprint density at radius 3 is 0.719 bits per heavy atom. The molecule has 0 aliphatic carbocycles. The first-order valence-electron chi connectivity index (χ1n) is 40.2. The molecule has 2 unspecified atom stereocenters. The number of quaternary nitrogens is 1. The lowest BCUT2D eigenvalue weighted by Gasteiger charge is -2.25. The van der Waals surface area contributed by atoms with E-state index < -0.39 is 18.4 Å². The third kappa shape index (κ3) is 73.6. The molecule has 0 spiro atoms. The number of rotatable bonds is 77. The van der Waals surface area contributed by atoms with Crippen LogP contribution in [0.2, 0.25) is 0 Å². The summed E-state index contributed by atoms with van der Waals surface area (Å²) in [6.45, 7) is 4.98. The van der Waals surface area contributed by atoms with Crippen LogP contribution in [0, 0.1) is 0 Å². The number of carboxylic acid groups (broad SMARTS) is 1. The van der Waals surface area contributed by atoms with Gasteiger partial charge >= 0.3 is 17.9 Å². The van der Waals surface area contributed by atoms with Crippen LogP contribution in [0.25, 0.3) is 0 Å². The van der Waals surface area contributed by atoms with Gasteiger partial charge in [-0.05, 0) is 12.8 Å². The van der Waals surface area contributed by atoms with Crippen LogP contribution in [-0.4, -0.2) is 87.4 Å². The molecule has 0 aliphatic heterocycles. The molecular weight excluding hydrogens is 1100 g/mol. The maximum Gasteiger partial charge on any atom is 0.361 e. The molecule has 89 heavy (non-hydrogen) atoms. The molecule has 0 amide bonds. The number of esters is 2. The highest BCUT2D eigenvalue weighted by Crippen LogP contribution is 2.21. The second-order valence-electron chi connectivity index (χ2n) is 29.1. The SMILES string of the molecule is CCCCCCCCCCCCCCCCCCCCCCCCCCCCCCCCCCCCCCCCCCC(=O)OC(COC(=O)CCCCCCCCCCCCCCCCCCCCCCCCCC)COC(OCC[N+](C)(C)C)C(=O)O. The Kier molecular flexibility index (Phi) is 70.7. The largest absolute Gasteiger partial charge is 0.477 e. The van der Waals surface area contributed by atoms with Gasteiger partial charge in [-0.15, -0.1) is 0 Å². The van der Waals surface area contributed by atoms with Gasteiger partial charge in [0.25, 0.3) is 6.29 Å². The molecule has 2 atom stereocenters. The maximum absolute atomic E-state index is 13.0. The van der Waals surface area contributed by atoms with Gasteiger partial charge in [-0.3, -0.25) is 9.59 Å². The first-order chi connectivity index (χ1) is 43.6. The molecule has 1 N–H and O–H groups in total. The Morgan fingerprint density at radius 1 is 0.292 bits per heavy atom. The summed E-state index contributed by atoms with van der Waals surface area (Å²) < 4.78 is 23.1. The van der Waals surface area contributed by atoms with Gasteiger partial charge in [0.15, 0.2) is 6.10 Å². The van der Waals surface area contributed by atoms with Crippen molar-refractivity contribution in [3.05, 3.63) is 0 Å². The number of carboxylic acids is 1. The van der Waals surface area contributed by atoms with Crippen LogP contribution in [0.3, 0.4) is 0 Å². The first-order valence-corrected chi connectivity index (χ1v) is 40.2. The summed E-state index contributed by atoms with van der Waals surface area (Å²) >= 11 is 0. The smallest absolute Gasteiger partial charge is 0.361 e. The van der Waals surface area contributed by atoms with E-state index in [4.69, 9.17) is 18.9 Å². The van der Waals surface area contributed by atoms with Crippen LogP contribution >= 0.6 is 0 Å². The van der Waals surface area contributed by atoms with Crippen molar-refractivity contribution in [1.29, 1.82) is 0 Å². The third-order valence-corrected chi connectivity index (χ3v) is 18.9. The zero-order valence-electron chi connectivity index (χ0n) is 60.9. The average molecular weight is 1260 g/mol. The number of nitrogens with zero attached hydrogens (tertiary/aromatic N) is 1. The summed E-state index contributed by atoms with van der Waals surface area (Å²) in [6.07, 6.45) is 85.6. The van der Waals surface area contributed by atoms with Crippen LogP contribution in [0.1, 0.15) is 438 Å². The van der Waals surface area contributed by atoms with Gasteiger partial charge in [0, 0.05) is 12.8 Å². The van der Waals surface area contributed by atoms with Crippen molar-refractivity contribution < 1.29 is 42.9 Å². The summed E-state index contributed by atoms with van der Waals surface area (Å²) in [6, 6.07) is 0. The number of unbranched alkanes of at least 4 members (excludes halogenated alkanes) is 62. The average Bonchev–Trinajstić information content (AvgIpc) is 3.63. The Labute approximate surface area is 555 Å². The van der Waals surface area contributed by atoms with Crippen molar-refractivity contribution in [2.24, 2.45) is 0 Å². The number of hydrogen-bond acceptors (Lipinski definition) is 7. The molecule has 0 aliphatic rings. The summed E-state index contributed by atoms with van der Waals surface area (Å²) in [5.74, 6) is -1.96. The molecule has 0 aromatic heterocycles. The number of carbonyl (C=O) groups is 3. The fourth-order valence-electron chi connectivity index (χ4n) is 12.7. The molecule has 0 aromatic carbocycles. The standard InChI is InChI=1S/C80H157NO8/c1-6-8-10-12-14-16-18-20-22-24-26-28-30-32-33-34-35-36-37-38-39-40-41-42-43-44-45-46-47-49-51-53-55-57-59-61-63-65-67-69-71-78(83)89-76(75-88-80(79(84)85)86-73-72-81(3,4)5)74-87-77(82)70-68-66-64-62-60-58-56-54-52-50-48-31-29-27-25-23-21-19-17-15-13-11-9-7-2/h76,80H,6-75H2,1-5H3/p+1. The fourth-order valence-corrected chi connectivity index (χ4v) is 12.7. The molecule has 0 heterocycles. The van der Waals surface area contributed by atoms with E-state index in [2.05, 4.69) is 13.8 Å². The summed E-state index contributed by atoms with van der Waals surface area (Å²) in [4.78, 5) is 37.7. The molecule has 0 saturated carbocycles. The number of aliphatic carboxylic acids is 1. The summed E-state index contributed by atoms with van der Waals surface area (Å²) in [5.41, 5.74) is 0. The Balaban J connectivity index is 3.90. The van der Waals surface area contributed by atoms with E-state index in [9.17, 15) is 19.5 Å². The van der Waals surface area contributed by atoms with E-state index in [1.807, 2.05) is 21.1 Å². The molecular formula is C80H158NO8+. The maximum atomic E-state index is 13.0. The first kappa shape index (κ1) is 87.3. The van der Waals surface area contributed by atoms with Gasteiger partial charge in [-0.1, -0.05) is 412 Å². The number of hydrogen-bond donors (Lipinski definition) is 1. The Morgan fingerprint density at radius 2 is 0.506 bits per heavy atom. The lowest BCUT2D eigenvalue weighted by atomic mass is 10.0. The third-order valence-electron chi connectivity index (χ3n) is 18.9. The highest BCUT2D eigenvalue weighted by molar-refractivity contribution is 5.71. The monoisotopic (exact) mass is 1260 g/mol. The highest BCUT2D eigenvalue weighted by atomic mass is 16.7. The number of likely N-dealkylation sites (N-methyl/N-ethyl adjacent to an activating group) is 1. The fraction of sp³-hybridized carbons (Fsp3) is 0.963. The molecule has 0 fully saturated rings. The van der Waals surface area contributed by atoms with Crippen molar-refractivity contribution in [2.75, 3.05) is 47.5 Å². The van der Waals surface area contributed by atoms with Crippen LogP contribution < -0.4 is 0 Å². The molecule has 530 valence electrons. The second kappa shape index (κ2) is 72.1. The lowest BCUT2D eigenvalue weighted by Crippen LogP contribution is -2.40. The molecule has 9 heteroatoms. The topological polar surface area (TPSA) is 108 Å². The Hall–Kier alpha value is -1.71. The molecule has 0 rings (SSSR count). The number of ether oxygens (including phenoxy) is 4. The molecule has 9 nitrogen and oxygen atoms in total. The Bertz CT molecular complexity index is 1420. The lowest BCUT2D eigenvalue weighted by molar-refractivity contribution is -0.870. The molecule has 0 bridgehead atoms. The van der Waals surface area contributed by atoms with Crippen LogP contribution in [0.5, 0.6) is 0 Å². The second-order valence-corrected chi connectivity index (χ2v) is 29.1. The zero-order valence-corrected chi connectivity index (χ0v) is 60.9. The van der Waals surface area contributed by atoms with E-state index in [1.54, 1.807) is 0 Å². The van der Waals surface area contributed by atoms with E-state index in [0.29, 0.717) is 17.4 Å². The van der Waals surface area contributed by atoms with E-state index in [1.165, 1.54) is 372 Å². The molecule has 0 radical (unpaired) electrons. The van der Waals surface area contributed by atoms with Crippen molar-refractivity contribution in [3.8, 4) is 0 Å². The minimum atomic E-state index is -1.50. The molecule has 0 aromatic rings. The van der Waals surface area contributed by atoms with Gasteiger partial charge in [0.2, 0.25) is 0 Å². The van der Waals surface area contributed by atoms with E-state index >= 15 is 0 Å². The van der Waals surface area contributed by atoms with Gasteiger partial charge in [0.1, 0.15) is 13.2 Å². The van der Waals surface area contributed by atoms with Gasteiger partial charge < -0.3 is 28.5 Å². The van der Waals surface area contributed by atoms with Crippen molar-refractivity contribution in [2.45, 2.75) is 450 Å². The summed E-state index contributed by atoms with van der Waals surface area (Å²) in [5, 5.41) is 9.76. The van der Waals surface area contributed by atoms with Gasteiger partial charge in [-0.25, -0.2) is 4.79 Å². The number of carbonyl (C=O) groups excluding carboxylic acids is 2. The highest BCUT2D eigenvalue weighted by Gasteiger charge is 2.25. The normalized spacial score (nSPS) is 12.5. The zero-order chi connectivity index (χ0) is 64.7. The minimum Gasteiger partial charge on any atom is -0.477 e. The van der Waals surface area contributed by atoms with E-state index in [-0.39, 0.29) is 38.2 Å². The predicted octanol–water partition coefficient (Wildman–Crippen LogP) is 25.4. The molecule has 0 saturated heterocycles. The van der Waals surface area contributed by atoms with Gasteiger partial charge in [0.05, 0.1) is 34.4 Å². The quantitative estimate of drug-likeness (QED) is 0.0278.